The van der Waals surface area contributed by atoms with E-state index >= 15 is 0 Å². The van der Waals surface area contributed by atoms with Crippen molar-refractivity contribution in [3.05, 3.63) is 34.3 Å². The Morgan fingerprint density at radius 3 is 2.58 bits per heavy atom. The third-order valence-electron chi connectivity index (χ3n) is 2.62. The van der Waals surface area contributed by atoms with E-state index in [1.807, 2.05) is 6.92 Å². The lowest BCUT2D eigenvalue weighted by atomic mass is 10.0. The summed E-state index contributed by atoms with van der Waals surface area (Å²) in [6.07, 6.45) is -3.15. The topological polar surface area (TPSA) is 17.1 Å². The Hall–Kier alpha value is -0.550. The van der Waals surface area contributed by atoms with Crippen molar-refractivity contribution in [3.63, 3.8) is 0 Å². The number of hydrogen-bond acceptors (Lipinski definition) is 1. The van der Waals surface area contributed by atoms with Crippen molar-refractivity contribution in [2.45, 2.75) is 37.2 Å². The second kappa shape index (κ2) is 6.75. The molecule has 106 valence electrons. The van der Waals surface area contributed by atoms with Crippen LogP contribution in [0.1, 0.15) is 30.9 Å². The van der Waals surface area contributed by atoms with Gasteiger partial charge < -0.3 is 0 Å². The van der Waals surface area contributed by atoms with Crippen LogP contribution < -0.4 is 0 Å². The molecule has 0 saturated heterocycles. The summed E-state index contributed by atoms with van der Waals surface area (Å²) in [5.74, 6) is -0.0315. The lowest BCUT2D eigenvalue weighted by Gasteiger charge is -2.13. The van der Waals surface area contributed by atoms with E-state index in [2.05, 4.69) is 15.9 Å². The molecule has 0 fully saturated rings. The highest BCUT2D eigenvalue weighted by Crippen LogP contribution is 2.32. The minimum absolute atomic E-state index is 0.0315. The van der Waals surface area contributed by atoms with E-state index in [4.69, 9.17) is 11.6 Å². The quantitative estimate of drug-likeness (QED) is 0.675. The minimum atomic E-state index is -4.41. The molecule has 0 radical (unpaired) electrons. The van der Waals surface area contributed by atoms with E-state index in [9.17, 15) is 18.0 Å². The lowest BCUT2D eigenvalue weighted by molar-refractivity contribution is -0.137. The molecule has 0 saturated carbocycles. The summed E-state index contributed by atoms with van der Waals surface area (Å²) in [5.41, 5.74) is -0.433. The molecule has 1 unspecified atom stereocenters. The first-order valence-electron chi connectivity index (χ1n) is 5.78. The molecule has 0 aliphatic heterocycles. The number of ketones is 1. The maximum Gasteiger partial charge on any atom is 0.416 e. The van der Waals surface area contributed by atoms with Gasteiger partial charge in [0.05, 0.1) is 10.4 Å². The van der Waals surface area contributed by atoms with E-state index in [0.29, 0.717) is 18.4 Å². The molecule has 1 aromatic carbocycles. The van der Waals surface area contributed by atoms with Gasteiger partial charge in [0, 0.05) is 11.4 Å². The van der Waals surface area contributed by atoms with E-state index in [1.54, 1.807) is 0 Å². The van der Waals surface area contributed by atoms with Crippen LogP contribution in [0.15, 0.2) is 18.2 Å². The van der Waals surface area contributed by atoms with Crippen molar-refractivity contribution in [3.8, 4) is 0 Å². The molecule has 1 atom stereocenters. The predicted molar refractivity (Wildman–Crippen MR) is 72.8 cm³/mol. The number of rotatable bonds is 5. The fourth-order valence-electron chi connectivity index (χ4n) is 1.62. The summed E-state index contributed by atoms with van der Waals surface area (Å²) < 4.78 is 37.8. The summed E-state index contributed by atoms with van der Waals surface area (Å²) in [6, 6.07) is 3.14. The summed E-state index contributed by atoms with van der Waals surface area (Å²) in [5, 5.41) is 0.238. The lowest BCUT2D eigenvalue weighted by Crippen LogP contribution is -2.17. The molecule has 1 nitrogen and oxygen atoms in total. The fraction of sp³-hybridized carbons (Fsp3) is 0.462. The second-order valence-corrected chi connectivity index (χ2v) is 5.70. The van der Waals surface area contributed by atoms with E-state index in [1.165, 1.54) is 6.07 Å². The molecule has 0 aliphatic carbocycles. The van der Waals surface area contributed by atoms with Crippen molar-refractivity contribution >= 4 is 33.3 Å². The number of hydrogen-bond donors (Lipinski definition) is 0. The third kappa shape index (κ3) is 4.80. The first-order valence-corrected chi connectivity index (χ1v) is 7.07. The van der Waals surface area contributed by atoms with Gasteiger partial charge in [0.2, 0.25) is 0 Å². The van der Waals surface area contributed by atoms with Crippen LogP contribution in [-0.2, 0) is 17.4 Å². The highest BCUT2D eigenvalue weighted by atomic mass is 79.9. The Morgan fingerprint density at radius 2 is 2.05 bits per heavy atom. The van der Waals surface area contributed by atoms with Gasteiger partial charge in [-0.25, -0.2) is 0 Å². The first-order chi connectivity index (χ1) is 8.75. The molecule has 1 aromatic rings. The molecule has 19 heavy (non-hydrogen) atoms. The van der Waals surface area contributed by atoms with Crippen molar-refractivity contribution < 1.29 is 18.0 Å². The maximum absolute atomic E-state index is 12.6. The Labute approximate surface area is 123 Å². The van der Waals surface area contributed by atoms with Crippen molar-refractivity contribution in [2.24, 2.45) is 0 Å². The van der Waals surface area contributed by atoms with Crippen molar-refractivity contribution in [1.29, 1.82) is 0 Å². The maximum atomic E-state index is 12.6. The molecular formula is C13H13BrClF3O. The van der Waals surface area contributed by atoms with Crippen LogP contribution in [0.5, 0.6) is 0 Å². The number of carbonyl (C=O) groups excluding carboxylic acids is 1. The Kier molecular flexibility index (Phi) is 5.86. The van der Waals surface area contributed by atoms with Gasteiger partial charge in [-0.2, -0.15) is 13.2 Å². The summed E-state index contributed by atoms with van der Waals surface area (Å²) in [7, 11) is 0. The number of carbonyl (C=O) groups is 1. The van der Waals surface area contributed by atoms with Gasteiger partial charge in [-0.3, -0.25) is 4.79 Å². The smallest absolute Gasteiger partial charge is 0.298 e. The van der Waals surface area contributed by atoms with Gasteiger partial charge in [0.15, 0.2) is 0 Å². The Morgan fingerprint density at radius 1 is 1.42 bits per heavy atom. The standard InChI is InChI=1S/C13H13BrClF3O/c1-2-3-12(19)10(14)7-8-6-9(13(16,17)18)4-5-11(8)15/h4-6,10H,2-3,7H2,1H3. The molecule has 0 bridgehead atoms. The molecule has 0 aliphatic rings. The highest BCUT2D eigenvalue weighted by molar-refractivity contribution is 9.10. The van der Waals surface area contributed by atoms with Crippen LogP contribution in [0, 0.1) is 0 Å². The zero-order valence-corrected chi connectivity index (χ0v) is 12.6. The average molecular weight is 358 g/mol. The molecule has 0 heterocycles. The summed E-state index contributed by atoms with van der Waals surface area (Å²) >= 11 is 9.07. The van der Waals surface area contributed by atoms with Crippen LogP contribution in [0.4, 0.5) is 13.2 Å². The normalized spacial score (nSPS) is 13.4. The van der Waals surface area contributed by atoms with Gasteiger partial charge >= 0.3 is 6.18 Å². The first kappa shape index (κ1) is 16.5. The van der Waals surface area contributed by atoms with Crippen LogP contribution in [0.25, 0.3) is 0 Å². The number of benzene rings is 1. The fourth-order valence-corrected chi connectivity index (χ4v) is 2.39. The van der Waals surface area contributed by atoms with Gasteiger partial charge in [-0.15, -0.1) is 0 Å². The van der Waals surface area contributed by atoms with Crippen LogP contribution >= 0.6 is 27.5 Å². The molecule has 6 heteroatoms. The predicted octanol–water partition coefficient (Wildman–Crippen LogP) is 5.03. The van der Waals surface area contributed by atoms with Gasteiger partial charge in [-0.05, 0) is 36.6 Å². The van der Waals surface area contributed by atoms with Crippen LogP contribution in [0.3, 0.4) is 0 Å². The molecular weight excluding hydrogens is 344 g/mol. The molecule has 1 rings (SSSR count). The Bertz CT molecular complexity index is 460. The van der Waals surface area contributed by atoms with E-state index in [0.717, 1.165) is 12.1 Å². The van der Waals surface area contributed by atoms with Gasteiger partial charge in [-0.1, -0.05) is 34.5 Å². The minimum Gasteiger partial charge on any atom is -0.298 e. The summed E-state index contributed by atoms with van der Waals surface area (Å²) in [6.45, 7) is 1.87. The Balaban J connectivity index is 2.91. The second-order valence-electron chi connectivity index (χ2n) is 4.19. The zero-order chi connectivity index (χ0) is 14.6. The molecule has 0 N–H and O–H groups in total. The van der Waals surface area contributed by atoms with Crippen molar-refractivity contribution in [1.82, 2.24) is 0 Å². The number of Topliss-reactive ketones (excluding diaryl/α,β-unsaturated/α-hetero) is 1. The van der Waals surface area contributed by atoms with Gasteiger partial charge in [0.25, 0.3) is 0 Å². The van der Waals surface area contributed by atoms with Crippen LogP contribution in [0.2, 0.25) is 5.02 Å². The number of alkyl halides is 4. The largest absolute Gasteiger partial charge is 0.416 e. The third-order valence-corrected chi connectivity index (χ3v) is 3.82. The summed E-state index contributed by atoms with van der Waals surface area (Å²) in [4.78, 5) is 11.1. The van der Waals surface area contributed by atoms with E-state index < -0.39 is 16.6 Å². The molecule has 0 amide bonds. The number of halogens is 5. The van der Waals surface area contributed by atoms with Crippen molar-refractivity contribution in [2.75, 3.05) is 0 Å². The van der Waals surface area contributed by atoms with Crippen LogP contribution in [-0.4, -0.2) is 10.6 Å². The molecule has 0 aromatic heterocycles. The van der Waals surface area contributed by atoms with Gasteiger partial charge in [0.1, 0.15) is 5.78 Å². The SMILES string of the molecule is CCCC(=O)C(Br)Cc1cc(C(F)(F)F)ccc1Cl. The zero-order valence-electron chi connectivity index (χ0n) is 10.2. The monoisotopic (exact) mass is 356 g/mol. The van der Waals surface area contributed by atoms with E-state index in [-0.39, 0.29) is 17.2 Å². The average Bonchev–Trinajstić information content (AvgIpc) is 2.30. The highest BCUT2D eigenvalue weighted by Gasteiger charge is 2.31. The molecule has 0 spiro atoms.